The second kappa shape index (κ2) is 3.86. The summed E-state index contributed by atoms with van der Waals surface area (Å²) in [5, 5.41) is 2.31. The Bertz CT molecular complexity index is 353. The third-order valence-corrected chi connectivity index (χ3v) is 1.53. The Hall–Kier alpha value is -1.62. The van der Waals surface area contributed by atoms with Crippen LogP contribution < -0.4 is 11.1 Å². The van der Waals surface area contributed by atoms with Gasteiger partial charge in [-0.1, -0.05) is 11.6 Å². The number of amides is 2. The highest BCUT2D eigenvalue weighted by atomic mass is 35.5. The molecule has 0 saturated heterocycles. The van der Waals surface area contributed by atoms with E-state index in [0.717, 1.165) is 0 Å². The Morgan fingerprint density at radius 1 is 1.54 bits per heavy atom. The highest BCUT2D eigenvalue weighted by Crippen LogP contribution is 2.16. The van der Waals surface area contributed by atoms with Gasteiger partial charge in [0.25, 0.3) is 0 Å². The maximum atomic E-state index is 10.8. The van der Waals surface area contributed by atoms with Gasteiger partial charge in [-0.2, -0.15) is 0 Å². The van der Waals surface area contributed by atoms with Crippen molar-refractivity contribution in [2.75, 3.05) is 5.32 Å². The van der Waals surface area contributed by atoms with Crippen LogP contribution in [-0.2, 0) is 9.59 Å². The number of nitrogens with zero attached hydrogens (tertiary/aromatic N) is 1. The summed E-state index contributed by atoms with van der Waals surface area (Å²) in [5.41, 5.74) is 4.98. The van der Waals surface area contributed by atoms with E-state index in [2.05, 4.69) is 10.3 Å². The number of aromatic nitrogens is 1. The number of hydrogen-bond acceptors (Lipinski definition) is 3. The van der Waals surface area contributed by atoms with Crippen molar-refractivity contribution in [1.82, 2.24) is 4.98 Å². The summed E-state index contributed by atoms with van der Waals surface area (Å²) < 4.78 is 0. The van der Waals surface area contributed by atoms with E-state index in [4.69, 9.17) is 17.3 Å². The van der Waals surface area contributed by atoms with Crippen molar-refractivity contribution in [1.29, 1.82) is 0 Å². The number of halogens is 1. The highest BCUT2D eigenvalue weighted by molar-refractivity contribution is 6.40. The summed E-state index contributed by atoms with van der Waals surface area (Å²) in [4.78, 5) is 24.8. The smallest absolute Gasteiger partial charge is 0.313 e. The fourth-order valence-corrected chi connectivity index (χ4v) is 0.830. The van der Waals surface area contributed by atoms with Crippen molar-refractivity contribution in [2.24, 2.45) is 5.73 Å². The van der Waals surface area contributed by atoms with E-state index in [-0.39, 0.29) is 10.8 Å². The van der Waals surface area contributed by atoms with Gasteiger partial charge in [0, 0.05) is 6.20 Å². The van der Waals surface area contributed by atoms with E-state index in [1.54, 1.807) is 6.07 Å². The molecule has 68 valence electrons. The minimum absolute atomic E-state index is 0.108. The molecule has 3 N–H and O–H groups in total. The van der Waals surface area contributed by atoms with Gasteiger partial charge in [0.15, 0.2) is 5.15 Å². The highest BCUT2D eigenvalue weighted by Gasteiger charge is 2.10. The van der Waals surface area contributed by atoms with Gasteiger partial charge in [0.2, 0.25) is 0 Å². The Kier molecular flexibility index (Phi) is 2.81. The first-order valence-corrected chi connectivity index (χ1v) is 3.70. The second-order valence-electron chi connectivity index (χ2n) is 2.16. The fraction of sp³-hybridized carbons (Fsp3) is 0. The number of pyridine rings is 1. The van der Waals surface area contributed by atoms with Crippen molar-refractivity contribution in [2.45, 2.75) is 0 Å². The average molecular weight is 200 g/mol. The lowest BCUT2D eigenvalue weighted by Gasteiger charge is -2.02. The lowest BCUT2D eigenvalue weighted by atomic mass is 10.4. The van der Waals surface area contributed by atoms with E-state index >= 15 is 0 Å². The van der Waals surface area contributed by atoms with Crippen molar-refractivity contribution in [3.8, 4) is 0 Å². The Morgan fingerprint density at radius 3 is 2.77 bits per heavy atom. The molecule has 6 heteroatoms. The molecule has 0 aliphatic carbocycles. The van der Waals surface area contributed by atoms with Gasteiger partial charge in [0.1, 0.15) is 0 Å². The molecular weight excluding hydrogens is 194 g/mol. The standard InChI is InChI=1S/C7H6ClN3O2/c8-5-4(2-1-3-10-5)11-7(13)6(9)12/h1-3H,(H2,9,12)(H,11,13). The molecule has 13 heavy (non-hydrogen) atoms. The normalized spacial score (nSPS) is 9.31. The van der Waals surface area contributed by atoms with Crippen LogP contribution in [0, 0.1) is 0 Å². The molecule has 1 heterocycles. The number of rotatable bonds is 1. The molecule has 0 saturated carbocycles. The number of primary amides is 1. The lowest BCUT2D eigenvalue weighted by Crippen LogP contribution is -2.29. The zero-order valence-corrected chi connectivity index (χ0v) is 7.21. The largest absolute Gasteiger partial charge is 0.361 e. The van der Waals surface area contributed by atoms with E-state index in [1.165, 1.54) is 12.3 Å². The Balaban J connectivity index is 2.81. The molecule has 1 aromatic rings. The molecule has 0 unspecified atom stereocenters. The number of anilines is 1. The predicted molar refractivity (Wildman–Crippen MR) is 47.1 cm³/mol. The minimum Gasteiger partial charge on any atom is -0.361 e. The number of nitrogens with two attached hydrogens (primary N) is 1. The van der Waals surface area contributed by atoms with Gasteiger partial charge < -0.3 is 11.1 Å². The summed E-state index contributed by atoms with van der Waals surface area (Å²) in [6, 6.07) is 3.08. The second-order valence-corrected chi connectivity index (χ2v) is 2.52. The van der Waals surface area contributed by atoms with Crippen molar-refractivity contribution < 1.29 is 9.59 Å². The molecule has 0 bridgehead atoms. The van der Waals surface area contributed by atoms with Crippen molar-refractivity contribution in [3.63, 3.8) is 0 Å². The first-order valence-electron chi connectivity index (χ1n) is 3.32. The molecule has 1 aromatic heterocycles. The Labute approximate surface area is 78.9 Å². The van der Waals surface area contributed by atoms with Crippen LogP contribution in [-0.4, -0.2) is 16.8 Å². The van der Waals surface area contributed by atoms with Gasteiger partial charge in [-0.15, -0.1) is 0 Å². The van der Waals surface area contributed by atoms with Crippen molar-refractivity contribution in [3.05, 3.63) is 23.5 Å². The SMILES string of the molecule is NC(=O)C(=O)Nc1cccnc1Cl. The van der Waals surface area contributed by atoms with Crippen LogP contribution in [0.15, 0.2) is 18.3 Å². The summed E-state index contributed by atoms with van der Waals surface area (Å²) in [5.74, 6) is -1.99. The third-order valence-electron chi connectivity index (χ3n) is 1.23. The molecular formula is C7H6ClN3O2. The summed E-state index contributed by atoms with van der Waals surface area (Å²) >= 11 is 5.60. The number of carbonyl (C=O) groups excluding carboxylic acids is 2. The Morgan fingerprint density at radius 2 is 2.23 bits per heavy atom. The monoisotopic (exact) mass is 199 g/mol. The molecule has 0 fully saturated rings. The average Bonchev–Trinajstić information content (AvgIpc) is 2.08. The van der Waals surface area contributed by atoms with E-state index in [0.29, 0.717) is 0 Å². The third kappa shape index (κ3) is 2.41. The van der Waals surface area contributed by atoms with E-state index in [1.807, 2.05) is 0 Å². The van der Waals surface area contributed by atoms with Crippen molar-refractivity contribution >= 4 is 29.1 Å². The zero-order valence-electron chi connectivity index (χ0n) is 6.45. The van der Waals surface area contributed by atoms with Crippen LogP contribution in [0.1, 0.15) is 0 Å². The lowest BCUT2D eigenvalue weighted by molar-refractivity contribution is -0.134. The topological polar surface area (TPSA) is 85.1 Å². The van der Waals surface area contributed by atoms with Crippen LogP contribution in [0.3, 0.4) is 0 Å². The van der Waals surface area contributed by atoms with Crippen LogP contribution in [0.5, 0.6) is 0 Å². The molecule has 0 aromatic carbocycles. The summed E-state index contributed by atoms with van der Waals surface area (Å²) in [7, 11) is 0. The van der Waals surface area contributed by atoms with Crippen LogP contribution in [0.25, 0.3) is 0 Å². The van der Waals surface area contributed by atoms with Gasteiger partial charge >= 0.3 is 11.8 Å². The van der Waals surface area contributed by atoms with E-state index in [9.17, 15) is 9.59 Å². The number of hydrogen-bond donors (Lipinski definition) is 2. The van der Waals surface area contributed by atoms with E-state index < -0.39 is 11.8 Å². The number of nitrogens with one attached hydrogen (secondary N) is 1. The van der Waals surface area contributed by atoms with Gasteiger partial charge in [-0.25, -0.2) is 4.98 Å². The molecule has 0 atom stereocenters. The molecule has 0 aliphatic rings. The predicted octanol–water partition coefficient (Wildman–Crippen LogP) is 0.159. The number of carbonyl (C=O) groups is 2. The summed E-state index contributed by atoms with van der Waals surface area (Å²) in [6.07, 6.45) is 1.46. The molecule has 2 amide bonds. The molecule has 5 nitrogen and oxygen atoms in total. The van der Waals surface area contributed by atoms with Gasteiger partial charge in [0.05, 0.1) is 5.69 Å². The maximum Gasteiger partial charge on any atom is 0.313 e. The van der Waals surface area contributed by atoms with Crippen LogP contribution >= 0.6 is 11.6 Å². The van der Waals surface area contributed by atoms with Crippen LogP contribution in [0.2, 0.25) is 5.15 Å². The van der Waals surface area contributed by atoms with Gasteiger partial charge in [-0.05, 0) is 12.1 Å². The first-order chi connectivity index (χ1) is 6.11. The molecule has 0 spiro atoms. The first kappa shape index (κ1) is 9.47. The molecule has 1 rings (SSSR count). The molecule has 0 radical (unpaired) electrons. The van der Waals surface area contributed by atoms with Crippen LogP contribution in [0.4, 0.5) is 5.69 Å². The zero-order chi connectivity index (χ0) is 9.84. The van der Waals surface area contributed by atoms with Gasteiger partial charge in [-0.3, -0.25) is 9.59 Å². The minimum atomic E-state index is -1.07. The fourth-order valence-electron chi connectivity index (χ4n) is 0.663. The quantitative estimate of drug-likeness (QED) is 0.499. The summed E-state index contributed by atoms with van der Waals surface area (Å²) in [6.45, 7) is 0. The maximum absolute atomic E-state index is 10.8. The molecule has 0 aliphatic heterocycles.